The molecule has 150 valence electrons. The van der Waals surface area contributed by atoms with E-state index in [1.54, 1.807) is 11.5 Å². The molecule has 3 aromatic rings. The van der Waals surface area contributed by atoms with Gasteiger partial charge >= 0.3 is 0 Å². The molecule has 1 saturated heterocycles. The van der Waals surface area contributed by atoms with Gasteiger partial charge in [0, 0.05) is 44.1 Å². The first-order valence-electron chi connectivity index (χ1n) is 9.79. The van der Waals surface area contributed by atoms with Crippen molar-refractivity contribution in [3.63, 3.8) is 0 Å². The van der Waals surface area contributed by atoms with Crippen LogP contribution in [0.4, 0.5) is 0 Å². The SMILES string of the molecule is CC(=O)N1CCC(Oc2ccc3ccn(Cc4ccc(Cl)cc4)c(=O)c3c2)CC1. The maximum atomic E-state index is 13.0. The minimum absolute atomic E-state index is 0.0469. The van der Waals surface area contributed by atoms with Crippen LogP contribution in [-0.2, 0) is 11.3 Å². The summed E-state index contributed by atoms with van der Waals surface area (Å²) in [5.74, 6) is 0.801. The molecule has 0 saturated carbocycles. The third-order valence-electron chi connectivity index (χ3n) is 5.41. The average Bonchev–Trinajstić information content (AvgIpc) is 2.72. The van der Waals surface area contributed by atoms with E-state index in [9.17, 15) is 9.59 Å². The summed E-state index contributed by atoms with van der Waals surface area (Å²) in [6, 6.07) is 15.1. The monoisotopic (exact) mass is 410 g/mol. The molecule has 0 bridgehead atoms. The maximum absolute atomic E-state index is 13.0. The lowest BCUT2D eigenvalue weighted by atomic mass is 10.1. The van der Waals surface area contributed by atoms with E-state index < -0.39 is 0 Å². The summed E-state index contributed by atoms with van der Waals surface area (Å²) in [5, 5.41) is 2.21. The molecule has 5 nitrogen and oxygen atoms in total. The van der Waals surface area contributed by atoms with Crippen molar-refractivity contribution in [3.8, 4) is 5.75 Å². The van der Waals surface area contributed by atoms with Crippen LogP contribution in [0, 0.1) is 0 Å². The van der Waals surface area contributed by atoms with Crippen molar-refractivity contribution in [3.05, 3.63) is 75.7 Å². The van der Waals surface area contributed by atoms with Crippen LogP contribution in [-0.4, -0.2) is 34.6 Å². The van der Waals surface area contributed by atoms with Gasteiger partial charge in [0.2, 0.25) is 5.91 Å². The first-order valence-corrected chi connectivity index (χ1v) is 10.2. The van der Waals surface area contributed by atoms with Gasteiger partial charge in [-0.25, -0.2) is 0 Å². The number of halogens is 1. The minimum Gasteiger partial charge on any atom is -0.490 e. The molecule has 0 spiro atoms. The predicted molar refractivity (Wildman–Crippen MR) is 115 cm³/mol. The molecule has 4 rings (SSSR count). The second kappa shape index (κ2) is 8.29. The topological polar surface area (TPSA) is 51.5 Å². The van der Waals surface area contributed by atoms with Crippen molar-refractivity contribution >= 4 is 28.3 Å². The smallest absolute Gasteiger partial charge is 0.258 e. The number of aromatic nitrogens is 1. The summed E-state index contributed by atoms with van der Waals surface area (Å²) < 4.78 is 7.81. The molecule has 1 aliphatic heterocycles. The maximum Gasteiger partial charge on any atom is 0.258 e. The number of ether oxygens (including phenoxy) is 1. The number of hydrogen-bond acceptors (Lipinski definition) is 3. The molecule has 1 aliphatic rings. The summed E-state index contributed by atoms with van der Waals surface area (Å²) in [6.45, 7) is 3.50. The number of carbonyl (C=O) groups excluding carboxylic acids is 1. The van der Waals surface area contributed by atoms with Crippen molar-refractivity contribution in [2.24, 2.45) is 0 Å². The summed E-state index contributed by atoms with van der Waals surface area (Å²) in [7, 11) is 0. The second-order valence-electron chi connectivity index (χ2n) is 7.45. The average molecular weight is 411 g/mol. The number of rotatable bonds is 4. The number of fused-ring (bicyclic) bond motifs is 1. The quantitative estimate of drug-likeness (QED) is 0.650. The van der Waals surface area contributed by atoms with Crippen LogP contribution in [0.2, 0.25) is 5.02 Å². The molecule has 0 aliphatic carbocycles. The van der Waals surface area contributed by atoms with Crippen molar-refractivity contribution in [2.75, 3.05) is 13.1 Å². The van der Waals surface area contributed by atoms with Crippen LogP contribution >= 0.6 is 11.6 Å². The Hall–Kier alpha value is -2.79. The van der Waals surface area contributed by atoms with Crippen molar-refractivity contribution in [1.82, 2.24) is 9.47 Å². The number of amides is 1. The van der Waals surface area contributed by atoms with Crippen molar-refractivity contribution in [2.45, 2.75) is 32.4 Å². The van der Waals surface area contributed by atoms with Gasteiger partial charge in [-0.15, -0.1) is 0 Å². The zero-order chi connectivity index (χ0) is 20.4. The Kier molecular flexibility index (Phi) is 5.58. The zero-order valence-electron chi connectivity index (χ0n) is 16.3. The van der Waals surface area contributed by atoms with E-state index in [-0.39, 0.29) is 17.6 Å². The van der Waals surface area contributed by atoms with Gasteiger partial charge in [0.05, 0.1) is 11.9 Å². The molecule has 0 atom stereocenters. The van der Waals surface area contributed by atoms with Gasteiger partial charge in [0.1, 0.15) is 11.9 Å². The zero-order valence-corrected chi connectivity index (χ0v) is 17.1. The highest BCUT2D eigenvalue weighted by atomic mass is 35.5. The predicted octanol–water partition coefficient (Wildman–Crippen LogP) is 4.09. The number of nitrogens with zero attached hydrogens (tertiary/aromatic N) is 2. The number of benzene rings is 2. The third-order valence-corrected chi connectivity index (χ3v) is 5.66. The van der Waals surface area contributed by atoms with Gasteiger partial charge in [-0.3, -0.25) is 9.59 Å². The normalized spacial score (nSPS) is 14.9. The Labute approximate surface area is 174 Å². The lowest BCUT2D eigenvalue weighted by Gasteiger charge is -2.31. The molecule has 2 aromatic carbocycles. The van der Waals surface area contributed by atoms with E-state index in [4.69, 9.17) is 16.3 Å². The van der Waals surface area contributed by atoms with Crippen LogP contribution < -0.4 is 10.3 Å². The Balaban J connectivity index is 1.53. The molecule has 0 unspecified atom stereocenters. The summed E-state index contributed by atoms with van der Waals surface area (Å²) in [4.78, 5) is 26.3. The summed E-state index contributed by atoms with van der Waals surface area (Å²) >= 11 is 5.94. The number of piperidine rings is 1. The number of hydrogen-bond donors (Lipinski definition) is 0. The van der Waals surface area contributed by atoms with Crippen LogP contribution in [0.1, 0.15) is 25.3 Å². The van der Waals surface area contributed by atoms with E-state index in [0.717, 1.165) is 23.8 Å². The van der Waals surface area contributed by atoms with Gasteiger partial charge in [-0.2, -0.15) is 0 Å². The lowest BCUT2D eigenvalue weighted by Crippen LogP contribution is -2.40. The molecule has 2 heterocycles. The number of likely N-dealkylation sites (tertiary alicyclic amines) is 1. The fourth-order valence-electron chi connectivity index (χ4n) is 3.72. The Morgan fingerprint density at radius 2 is 1.83 bits per heavy atom. The second-order valence-corrected chi connectivity index (χ2v) is 7.88. The molecule has 0 radical (unpaired) electrons. The van der Waals surface area contributed by atoms with Gasteiger partial charge < -0.3 is 14.2 Å². The highest BCUT2D eigenvalue weighted by Gasteiger charge is 2.22. The molecule has 1 fully saturated rings. The molecule has 1 amide bonds. The fraction of sp³-hybridized carbons (Fsp3) is 0.304. The highest BCUT2D eigenvalue weighted by Crippen LogP contribution is 2.23. The van der Waals surface area contributed by atoms with Gasteiger partial charge in [0.15, 0.2) is 0 Å². The Morgan fingerprint density at radius 3 is 2.52 bits per heavy atom. The molecule has 29 heavy (non-hydrogen) atoms. The Bertz CT molecular complexity index is 1080. The standard InChI is InChI=1S/C23H23ClN2O3/c1-16(27)25-12-9-20(10-13-25)29-21-7-4-18-8-11-26(23(28)22(18)14-21)15-17-2-5-19(24)6-3-17/h2-8,11,14,20H,9-10,12-13,15H2,1H3. The number of carbonyl (C=O) groups is 1. The largest absolute Gasteiger partial charge is 0.490 e. The molecule has 6 heteroatoms. The molecule has 1 aromatic heterocycles. The van der Waals surface area contributed by atoms with E-state index in [1.165, 1.54) is 0 Å². The van der Waals surface area contributed by atoms with E-state index >= 15 is 0 Å². The highest BCUT2D eigenvalue weighted by molar-refractivity contribution is 6.30. The van der Waals surface area contributed by atoms with E-state index in [0.29, 0.717) is 35.8 Å². The van der Waals surface area contributed by atoms with Crippen LogP contribution in [0.5, 0.6) is 5.75 Å². The fourth-order valence-corrected chi connectivity index (χ4v) is 3.85. The summed E-state index contributed by atoms with van der Waals surface area (Å²) in [5.41, 5.74) is 0.967. The van der Waals surface area contributed by atoms with Gasteiger partial charge in [-0.05, 0) is 41.3 Å². The van der Waals surface area contributed by atoms with E-state index in [1.807, 2.05) is 59.6 Å². The first kappa shape index (κ1) is 19.5. The van der Waals surface area contributed by atoms with Crippen LogP contribution in [0.15, 0.2) is 59.5 Å². The Morgan fingerprint density at radius 1 is 1.10 bits per heavy atom. The van der Waals surface area contributed by atoms with Crippen LogP contribution in [0.3, 0.4) is 0 Å². The van der Waals surface area contributed by atoms with Gasteiger partial charge in [-0.1, -0.05) is 29.8 Å². The molecular weight excluding hydrogens is 388 g/mol. The first-order chi connectivity index (χ1) is 14.0. The molecular formula is C23H23ClN2O3. The van der Waals surface area contributed by atoms with Crippen molar-refractivity contribution < 1.29 is 9.53 Å². The lowest BCUT2D eigenvalue weighted by molar-refractivity contribution is -0.130. The minimum atomic E-state index is -0.0469. The van der Waals surface area contributed by atoms with Crippen LogP contribution in [0.25, 0.3) is 10.8 Å². The van der Waals surface area contributed by atoms with Crippen molar-refractivity contribution in [1.29, 1.82) is 0 Å². The summed E-state index contributed by atoms with van der Waals surface area (Å²) in [6.07, 6.45) is 3.47. The third kappa shape index (κ3) is 4.46. The molecule has 0 N–H and O–H groups in total. The number of pyridine rings is 1. The van der Waals surface area contributed by atoms with E-state index in [2.05, 4.69) is 0 Å². The van der Waals surface area contributed by atoms with Gasteiger partial charge in [0.25, 0.3) is 5.56 Å².